The second kappa shape index (κ2) is 7.90. The number of rotatable bonds is 8. The highest BCUT2D eigenvalue weighted by Crippen LogP contribution is 2.27. The predicted octanol–water partition coefficient (Wildman–Crippen LogP) is 4.92. The molecule has 0 aliphatic carbocycles. The van der Waals surface area contributed by atoms with Gasteiger partial charge in [-0.3, -0.25) is 0 Å². The Kier molecular flexibility index (Phi) is 5.87. The summed E-state index contributed by atoms with van der Waals surface area (Å²) < 4.78 is 0. The molecule has 0 aliphatic heterocycles. The van der Waals surface area contributed by atoms with Gasteiger partial charge in [0.1, 0.15) is 5.82 Å². The van der Waals surface area contributed by atoms with Gasteiger partial charge >= 0.3 is 0 Å². The molecule has 2 N–H and O–H groups in total. The molecule has 2 aromatic heterocycles. The molecule has 4 heteroatoms. The number of pyridine rings is 1. The van der Waals surface area contributed by atoms with E-state index < -0.39 is 0 Å². The van der Waals surface area contributed by atoms with Crippen LogP contribution >= 0.6 is 11.3 Å². The number of hydrogen-bond acceptors (Lipinski definition) is 4. The Labute approximate surface area is 125 Å². The Morgan fingerprint density at radius 1 is 1.25 bits per heavy atom. The molecule has 0 radical (unpaired) electrons. The molecule has 2 aromatic rings. The molecule has 108 valence electrons. The highest BCUT2D eigenvalue weighted by Gasteiger charge is 2.11. The summed E-state index contributed by atoms with van der Waals surface area (Å²) in [6.45, 7) is 5.34. The summed E-state index contributed by atoms with van der Waals surface area (Å²) in [7, 11) is 0. The van der Waals surface area contributed by atoms with Crippen LogP contribution in [0.15, 0.2) is 35.8 Å². The normalized spacial score (nSPS) is 12.1. The van der Waals surface area contributed by atoms with Gasteiger partial charge in [0, 0.05) is 29.4 Å². The molecular weight excluding hydrogens is 266 g/mol. The minimum Gasteiger partial charge on any atom is -0.377 e. The van der Waals surface area contributed by atoms with Crippen LogP contribution in [0, 0.1) is 0 Å². The van der Waals surface area contributed by atoms with E-state index in [-0.39, 0.29) is 0 Å². The summed E-state index contributed by atoms with van der Waals surface area (Å²) in [5.41, 5.74) is 1.13. The molecule has 2 heterocycles. The lowest BCUT2D eigenvalue weighted by Gasteiger charge is -2.18. The van der Waals surface area contributed by atoms with Crippen LogP contribution in [0.3, 0.4) is 0 Å². The Balaban J connectivity index is 2.06. The van der Waals surface area contributed by atoms with Crippen molar-refractivity contribution in [2.75, 3.05) is 17.2 Å². The lowest BCUT2D eigenvalue weighted by Crippen LogP contribution is -2.10. The molecule has 0 fully saturated rings. The summed E-state index contributed by atoms with van der Waals surface area (Å²) in [6, 6.07) is 8.83. The fraction of sp³-hybridized carbons (Fsp3) is 0.438. The van der Waals surface area contributed by atoms with Crippen LogP contribution in [-0.2, 0) is 0 Å². The first-order chi connectivity index (χ1) is 9.83. The second-order valence-electron chi connectivity index (χ2n) is 4.86. The quantitative estimate of drug-likeness (QED) is 0.724. The zero-order valence-corrected chi connectivity index (χ0v) is 13.0. The smallest absolute Gasteiger partial charge is 0.127 e. The molecule has 3 nitrogen and oxygen atoms in total. The summed E-state index contributed by atoms with van der Waals surface area (Å²) in [5, 5.41) is 9.10. The summed E-state index contributed by atoms with van der Waals surface area (Å²) in [5.74, 6) is 0.943. The van der Waals surface area contributed by atoms with E-state index >= 15 is 0 Å². The first-order valence-corrected chi connectivity index (χ1v) is 8.21. The Morgan fingerprint density at radius 3 is 2.85 bits per heavy atom. The van der Waals surface area contributed by atoms with Crippen molar-refractivity contribution in [3.63, 3.8) is 0 Å². The SMILES string of the molecule is CCCNc1cc(NC(CCC)c2cccs2)ccn1. The van der Waals surface area contributed by atoms with Crippen LogP contribution in [0.5, 0.6) is 0 Å². The number of aromatic nitrogens is 1. The van der Waals surface area contributed by atoms with E-state index in [2.05, 4.69) is 53.0 Å². The van der Waals surface area contributed by atoms with Crippen molar-refractivity contribution in [1.29, 1.82) is 0 Å². The van der Waals surface area contributed by atoms with Crippen molar-refractivity contribution < 1.29 is 0 Å². The third-order valence-electron chi connectivity index (χ3n) is 3.12. The van der Waals surface area contributed by atoms with Crippen LogP contribution in [0.25, 0.3) is 0 Å². The molecule has 0 aromatic carbocycles. The van der Waals surface area contributed by atoms with E-state index in [9.17, 15) is 0 Å². The highest BCUT2D eigenvalue weighted by molar-refractivity contribution is 7.10. The molecular formula is C16H23N3S. The zero-order valence-electron chi connectivity index (χ0n) is 12.2. The molecule has 0 bridgehead atoms. The van der Waals surface area contributed by atoms with Crippen molar-refractivity contribution in [2.45, 2.75) is 39.2 Å². The van der Waals surface area contributed by atoms with E-state index in [1.54, 1.807) is 0 Å². The van der Waals surface area contributed by atoms with Gasteiger partial charge in [-0.1, -0.05) is 26.3 Å². The molecule has 0 amide bonds. The third-order valence-corrected chi connectivity index (χ3v) is 4.11. The molecule has 0 saturated heterocycles. The number of thiophene rings is 1. The largest absolute Gasteiger partial charge is 0.377 e. The maximum Gasteiger partial charge on any atom is 0.127 e. The highest BCUT2D eigenvalue weighted by atomic mass is 32.1. The number of nitrogens with zero attached hydrogens (tertiary/aromatic N) is 1. The van der Waals surface area contributed by atoms with Crippen LogP contribution < -0.4 is 10.6 Å². The summed E-state index contributed by atoms with van der Waals surface area (Å²) >= 11 is 1.81. The van der Waals surface area contributed by atoms with Crippen LogP contribution in [0.1, 0.15) is 44.0 Å². The van der Waals surface area contributed by atoms with Crippen molar-refractivity contribution in [2.24, 2.45) is 0 Å². The number of anilines is 2. The Bertz CT molecular complexity index is 496. The van der Waals surface area contributed by atoms with E-state index in [0.29, 0.717) is 6.04 Å². The second-order valence-corrected chi connectivity index (χ2v) is 5.84. The minimum absolute atomic E-state index is 0.390. The van der Waals surface area contributed by atoms with Gasteiger partial charge < -0.3 is 10.6 Å². The lowest BCUT2D eigenvalue weighted by atomic mass is 10.1. The van der Waals surface area contributed by atoms with Gasteiger partial charge in [0.25, 0.3) is 0 Å². The van der Waals surface area contributed by atoms with Crippen LogP contribution in [-0.4, -0.2) is 11.5 Å². The molecule has 0 aliphatic rings. The Morgan fingerprint density at radius 2 is 2.15 bits per heavy atom. The van der Waals surface area contributed by atoms with Gasteiger partial charge in [-0.15, -0.1) is 11.3 Å². The van der Waals surface area contributed by atoms with Crippen molar-refractivity contribution in [1.82, 2.24) is 4.98 Å². The molecule has 0 spiro atoms. The summed E-state index contributed by atoms with van der Waals surface area (Å²) in [6.07, 6.45) is 5.27. The minimum atomic E-state index is 0.390. The van der Waals surface area contributed by atoms with E-state index in [4.69, 9.17) is 0 Å². The van der Waals surface area contributed by atoms with Gasteiger partial charge in [0.15, 0.2) is 0 Å². The first kappa shape index (κ1) is 14.9. The molecule has 2 rings (SSSR count). The predicted molar refractivity (Wildman–Crippen MR) is 88.6 cm³/mol. The van der Waals surface area contributed by atoms with Gasteiger partial charge in [-0.25, -0.2) is 4.98 Å². The van der Waals surface area contributed by atoms with Crippen LogP contribution in [0.4, 0.5) is 11.5 Å². The van der Waals surface area contributed by atoms with Crippen LogP contribution in [0.2, 0.25) is 0 Å². The summed E-state index contributed by atoms with van der Waals surface area (Å²) in [4.78, 5) is 5.74. The topological polar surface area (TPSA) is 37.0 Å². The molecule has 1 unspecified atom stereocenters. The number of nitrogens with one attached hydrogen (secondary N) is 2. The lowest BCUT2D eigenvalue weighted by molar-refractivity contribution is 0.687. The Hall–Kier alpha value is -1.55. The maximum atomic E-state index is 4.34. The monoisotopic (exact) mass is 289 g/mol. The van der Waals surface area contributed by atoms with E-state index in [1.165, 1.54) is 11.3 Å². The number of hydrogen-bond donors (Lipinski definition) is 2. The zero-order chi connectivity index (χ0) is 14.2. The van der Waals surface area contributed by atoms with Crippen molar-refractivity contribution >= 4 is 22.8 Å². The maximum absolute atomic E-state index is 4.34. The average molecular weight is 289 g/mol. The molecule has 20 heavy (non-hydrogen) atoms. The van der Waals surface area contributed by atoms with E-state index in [1.807, 2.05) is 23.6 Å². The molecule has 1 atom stereocenters. The van der Waals surface area contributed by atoms with Gasteiger partial charge in [-0.2, -0.15) is 0 Å². The van der Waals surface area contributed by atoms with Crippen molar-refractivity contribution in [3.05, 3.63) is 40.7 Å². The third kappa shape index (κ3) is 4.23. The molecule has 0 saturated carbocycles. The van der Waals surface area contributed by atoms with Gasteiger partial charge in [0.2, 0.25) is 0 Å². The standard InChI is InChI=1S/C16H23N3S/c1-3-6-14(15-7-5-11-20-15)19-13-8-10-18-16(12-13)17-9-4-2/h5,7-8,10-12,14H,3-4,6,9H2,1-2H3,(H2,17,18,19). The van der Waals surface area contributed by atoms with Crippen molar-refractivity contribution in [3.8, 4) is 0 Å². The fourth-order valence-corrected chi connectivity index (χ4v) is 2.95. The van der Waals surface area contributed by atoms with Gasteiger partial charge in [-0.05, 0) is 30.4 Å². The first-order valence-electron chi connectivity index (χ1n) is 7.33. The fourth-order valence-electron chi connectivity index (χ4n) is 2.14. The average Bonchev–Trinajstić information content (AvgIpc) is 2.99. The van der Waals surface area contributed by atoms with Gasteiger partial charge in [0.05, 0.1) is 6.04 Å². The van der Waals surface area contributed by atoms with E-state index in [0.717, 1.165) is 30.9 Å².